The first-order valence-corrected chi connectivity index (χ1v) is 18.0. The Morgan fingerprint density at radius 3 is 1.60 bits per heavy atom. The summed E-state index contributed by atoms with van der Waals surface area (Å²) in [6, 6.07) is 28.9. The van der Waals surface area contributed by atoms with Crippen LogP contribution in [0.2, 0.25) is 0 Å². The van der Waals surface area contributed by atoms with Crippen LogP contribution in [0.4, 0.5) is 11.4 Å². The van der Waals surface area contributed by atoms with Crippen molar-refractivity contribution in [3.63, 3.8) is 0 Å². The summed E-state index contributed by atoms with van der Waals surface area (Å²) in [7, 11) is 0. The second kappa shape index (κ2) is 16.3. The third-order valence-electron chi connectivity index (χ3n) is 9.31. The molecule has 11 nitrogen and oxygen atoms in total. The maximum atomic E-state index is 9.16. The van der Waals surface area contributed by atoms with Crippen LogP contribution in [-0.2, 0) is 42.3 Å². The molecule has 55 heavy (non-hydrogen) atoms. The Hall–Kier alpha value is -6.45. The van der Waals surface area contributed by atoms with Gasteiger partial charge in [-0.1, -0.05) is 12.1 Å². The number of anilines is 2. The van der Waals surface area contributed by atoms with E-state index in [2.05, 4.69) is 38.4 Å². The second-order valence-electron chi connectivity index (χ2n) is 14.3. The number of fused-ring (bicyclic) bond motifs is 2. The fraction of sp³-hybridized carbons (Fsp3) is 0.295. The number of nitriles is 3. The SMILES string of the molecule is Cc1ncc(CN(Cc2ccc(C#N)cc2)c2ccc(C#N)cc2)c2c1OC(C)(C)OC2.Cc1ncc(CNc2ccc(C#N)cc2)c2c1OC(C)(C)OC2. The molecule has 0 amide bonds. The first-order chi connectivity index (χ1) is 26.4. The molecule has 1 N–H and O–H groups in total. The van der Waals surface area contributed by atoms with Gasteiger partial charge in [-0.15, -0.1) is 0 Å². The van der Waals surface area contributed by atoms with Gasteiger partial charge in [-0.05, 0) is 91.2 Å². The van der Waals surface area contributed by atoms with Crippen molar-refractivity contribution in [2.75, 3.05) is 10.2 Å². The first-order valence-electron chi connectivity index (χ1n) is 18.0. The van der Waals surface area contributed by atoms with Crippen molar-refractivity contribution in [2.24, 2.45) is 0 Å². The molecule has 0 fully saturated rings. The van der Waals surface area contributed by atoms with Crippen LogP contribution < -0.4 is 19.7 Å². The maximum absolute atomic E-state index is 9.16. The van der Waals surface area contributed by atoms with E-state index in [0.717, 1.165) is 62.1 Å². The third kappa shape index (κ3) is 9.38. The van der Waals surface area contributed by atoms with Crippen molar-refractivity contribution in [3.8, 4) is 29.7 Å². The lowest BCUT2D eigenvalue weighted by Gasteiger charge is -2.35. The molecule has 5 aromatic rings. The van der Waals surface area contributed by atoms with Gasteiger partial charge in [0.1, 0.15) is 11.5 Å². The zero-order valence-electron chi connectivity index (χ0n) is 31.9. The first kappa shape index (κ1) is 38.3. The van der Waals surface area contributed by atoms with Crippen molar-refractivity contribution in [2.45, 2.75) is 86.0 Å². The van der Waals surface area contributed by atoms with Gasteiger partial charge in [0.05, 0.1) is 59.5 Å². The highest BCUT2D eigenvalue weighted by molar-refractivity contribution is 5.53. The monoisotopic (exact) mass is 733 g/mol. The van der Waals surface area contributed by atoms with E-state index in [9.17, 15) is 0 Å². The Balaban J connectivity index is 0.000000197. The van der Waals surface area contributed by atoms with Gasteiger partial charge in [0.2, 0.25) is 11.6 Å². The highest BCUT2D eigenvalue weighted by atomic mass is 16.7. The van der Waals surface area contributed by atoms with Crippen LogP contribution in [0, 0.1) is 47.8 Å². The number of hydrogen-bond acceptors (Lipinski definition) is 11. The second-order valence-corrected chi connectivity index (χ2v) is 14.3. The molecular weight excluding hydrogens is 691 g/mol. The molecular formula is C44H43N7O4. The number of aryl methyl sites for hydroxylation is 2. The Kier molecular flexibility index (Phi) is 11.3. The van der Waals surface area contributed by atoms with Gasteiger partial charge < -0.3 is 29.2 Å². The molecule has 0 atom stereocenters. The van der Waals surface area contributed by atoms with Crippen molar-refractivity contribution in [1.29, 1.82) is 15.8 Å². The Bertz CT molecular complexity index is 2280. The number of nitrogens with zero attached hydrogens (tertiary/aromatic N) is 6. The van der Waals surface area contributed by atoms with Crippen molar-refractivity contribution in [3.05, 3.63) is 141 Å². The van der Waals surface area contributed by atoms with Gasteiger partial charge in [0.25, 0.3) is 0 Å². The summed E-state index contributed by atoms with van der Waals surface area (Å²) in [5.74, 6) is 0.295. The summed E-state index contributed by atoms with van der Waals surface area (Å²) in [6.45, 7) is 14.3. The molecule has 0 unspecified atom stereocenters. The third-order valence-corrected chi connectivity index (χ3v) is 9.31. The predicted molar refractivity (Wildman–Crippen MR) is 208 cm³/mol. The van der Waals surface area contributed by atoms with Crippen LogP contribution in [0.5, 0.6) is 11.5 Å². The lowest BCUT2D eigenvalue weighted by molar-refractivity contribution is -0.181. The lowest BCUT2D eigenvalue weighted by atomic mass is 10.0. The summed E-state index contributed by atoms with van der Waals surface area (Å²) >= 11 is 0. The zero-order chi connectivity index (χ0) is 39.2. The summed E-state index contributed by atoms with van der Waals surface area (Å²) in [5.41, 5.74) is 10.8. The van der Waals surface area contributed by atoms with E-state index in [0.29, 0.717) is 49.5 Å². The van der Waals surface area contributed by atoms with Crippen LogP contribution in [-0.4, -0.2) is 21.5 Å². The van der Waals surface area contributed by atoms with Crippen LogP contribution in [0.1, 0.15) is 83.6 Å². The lowest BCUT2D eigenvalue weighted by Crippen LogP contribution is -2.36. The maximum Gasteiger partial charge on any atom is 0.205 e. The number of rotatable bonds is 8. The van der Waals surface area contributed by atoms with Crippen LogP contribution in [0.3, 0.4) is 0 Å². The van der Waals surface area contributed by atoms with E-state index in [-0.39, 0.29) is 0 Å². The summed E-state index contributed by atoms with van der Waals surface area (Å²) in [5, 5.41) is 30.4. The number of nitrogens with one attached hydrogen (secondary N) is 1. The predicted octanol–water partition coefficient (Wildman–Crippen LogP) is 8.50. The van der Waals surface area contributed by atoms with E-state index in [4.69, 9.17) is 34.7 Å². The number of aromatic nitrogens is 2. The van der Waals surface area contributed by atoms with Gasteiger partial charge in [-0.2, -0.15) is 15.8 Å². The van der Waals surface area contributed by atoms with Crippen molar-refractivity contribution in [1.82, 2.24) is 9.97 Å². The van der Waals surface area contributed by atoms with Gasteiger partial charge in [0, 0.05) is 82.2 Å². The molecule has 0 saturated carbocycles. The fourth-order valence-corrected chi connectivity index (χ4v) is 6.23. The molecule has 0 spiro atoms. The Labute approximate surface area is 322 Å². The number of hydrogen-bond donors (Lipinski definition) is 1. The molecule has 278 valence electrons. The van der Waals surface area contributed by atoms with Crippen LogP contribution in [0.15, 0.2) is 85.2 Å². The molecule has 2 aliphatic heterocycles. The molecule has 0 saturated heterocycles. The van der Waals surface area contributed by atoms with Crippen LogP contribution >= 0.6 is 0 Å². The Morgan fingerprint density at radius 1 is 0.636 bits per heavy atom. The topological polar surface area (TPSA) is 149 Å². The largest absolute Gasteiger partial charge is 0.461 e. The van der Waals surface area contributed by atoms with E-state index in [1.807, 2.05) is 115 Å². The van der Waals surface area contributed by atoms with Crippen molar-refractivity contribution >= 4 is 11.4 Å². The quantitative estimate of drug-likeness (QED) is 0.164. The summed E-state index contributed by atoms with van der Waals surface area (Å²) in [6.07, 6.45) is 3.74. The van der Waals surface area contributed by atoms with Gasteiger partial charge in [-0.25, -0.2) is 0 Å². The molecule has 7 rings (SSSR count). The molecule has 3 aromatic carbocycles. The molecule has 0 radical (unpaired) electrons. The van der Waals surface area contributed by atoms with Gasteiger partial charge in [-0.3, -0.25) is 9.97 Å². The van der Waals surface area contributed by atoms with E-state index < -0.39 is 11.6 Å². The smallest absolute Gasteiger partial charge is 0.205 e. The fourth-order valence-electron chi connectivity index (χ4n) is 6.23. The summed E-state index contributed by atoms with van der Waals surface area (Å²) < 4.78 is 23.7. The molecule has 2 aromatic heterocycles. The van der Waals surface area contributed by atoms with E-state index in [1.165, 1.54) is 0 Å². The minimum Gasteiger partial charge on any atom is -0.461 e. The molecule has 11 heteroatoms. The average molecular weight is 734 g/mol. The van der Waals surface area contributed by atoms with Crippen molar-refractivity contribution < 1.29 is 18.9 Å². The summed E-state index contributed by atoms with van der Waals surface area (Å²) in [4.78, 5) is 11.2. The Morgan fingerprint density at radius 2 is 1.09 bits per heavy atom. The van der Waals surface area contributed by atoms with E-state index >= 15 is 0 Å². The standard InChI is InChI=1S/C26H24N4O2.C18H19N3O2/c1-18-25-24(17-31-26(2,3)32-25)22(14-29-18)16-30(23-10-8-20(13-28)9-11-23)15-21-6-4-19(12-27)5-7-21;1-12-17-16(11-22-18(2,3)23-17)14(9-20-12)10-21-15-6-4-13(8-19)5-7-15/h4-11,14H,15-17H2,1-3H3;4-7,9,21H,10-11H2,1-3H3. The van der Waals surface area contributed by atoms with E-state index in [1.54, 1.807) is 12.1 Å². The normalized spacial score (nSPS) is 14.5. The minimum absolute atomic E-state index is 0.457. The number of ether oxygens (including phenoxy) is 4. The number of benzene rings is 3. The van der Waals surface area contributed by atoms with Gasteiger partial charge in [0.15, 0.2) is 0 Å². The average Bonchev–Trinajstić information content (AvgIpc) is 3.19. The highest BCUT2D eigenvalue weighted by Crippen LogP contribution is 2.37. The molecule has 0 aliphatic carbocycles. The number of pyridine rings is 2. The minimum atomic E-state index is -0.687. The highest BCUT2D eigenvalue weighted by Gasteiger charge is 2.32. The molecule has 2 aliphatic rings. The zero-order valence-corrected chi connectivity index (χ0v) is 31.9. The molecule has 0 bridgehead atoms. The molecule has 4 heterocycles. The van der Waals surface area contributed by atoms with Crippen LogP contribution in [0.25, 0.3) is 0 Å². The van der Waals surface area contributed by atoms with Gasteiger partial charge >= 0.3 is 0 Å².